The number of benzene rings is 1. The van der Waals surface area contributed by atoms with Crippen molar-refractivity contribution in [2.45, 2.75) is 43.5 Å². The molecule has 4 nitrogen and oxygen atoms in total. The van der Waals surface area contributed by atoms with Crippen molar-refractivity contribution in [1.29, 1.82) is 0 Å². The standard InChI is InChI=1S/C17H20FNO3S/c18-13-8-4-7-12(9-13)15(20)19-14(17(21)22)10-23-16(19)11-5-2-1-3-6-11/h4,7-9,11,14,16H,1-3,5-6,10H2,(H,21,22)/p-1/t14-,16+/m1/s1. The molecule has 1 saturated heterocycles. The molecule has 23 heavy (non-hydrogen) atoms. The molecule has 2 atom stereocenters. The van der Waals surface area contributed by atoms with E-state index < -0.39 is 23.7 Å². The number of thioether (sulfide) groups is 1. The van der Waals surface area contributed by atoms with E-state index in [-0.39, 0.29) is 10.9 Å². The molecular weight excluding hydrogens is 317 g/mol. The first-order chi connectivity index (χ1) is 11.1. The molecule has 0 unspecified atom stereocenters. The molecule has 124 valence electrons. The molecule has 0 aromatic heterocycles. The molecule has 6 heteroatoms. The summed E-state index contributed by atoms with van der Waals surface area (Å²) in [7, 11) is 0. The number of hydrogen-bond donors (Lipinski definition) is 0. The molecule has 3 rings (SSSR count). The van der Waals surface area contributed by atoms with E-state index in [0.717, 1.165) is 31.7 Å². The maximum absolute atomic E-state index is 13.4. The number of halogens is 1. The third-order valence-corrected chi connectivity index (χ3v) is 6.13. The van der Waals surface area contributed by atoms with Gasteiger partial charge in [0.2, 0.25) is 0 Å². The molecule has 2 aliphatic rings. The van der Waals surface area contributed by atoms with Gasteiger partial charge in [-0.1, -0.05) is 25.3 Å². The summed E-state index contributed by atoms with van der Waals surface area (Å²) in [5.74, 6) is -1.51. The van der Waals surface area contributed by atoms with E-state index in [1.54, 1.807) is 0 Å². The summed E-state index contributed by atoms with van der Waals surface area (Å²) in [6, 6.07) is 4.48. The molecule has 0 radical (unpaired) electrons. The zero-order valence-electron chi connectivity index (χ0n) is 12.7. The van der Waals surface area contributed by atoms with Gasteiger partial charge in [-0.2, -0.15) is 0 Å². The number of aliphatic carboxylic acids is 1. The molecule has 1 amide bonds. The second-order valence-corrected chi connectivity index (χ2v) is 7.33. The highest BCUT2D eigenvalue weighted by Gasteiger charge is 2.42. The van der Waals surface area contributed by atoms with E-state index in [1.807, 2.05) is 0 Å². The molecule has 1 aliphatic carbocycles. The van der Waals surface area contributed by atoms with Crippen LogP contribution in [0.15, 0.2) is 24.3 Å². The maximum atomic E-state index is 13.4. The molecule has 1 aliphatic heterocycles. The van der Waals surface area contributed by atoms with Crippen molar-refractivity contribution in [1.82, 2.24) is 4.90 Å². The molecule has 1 heterocycles. The van der Waals surface area contributed by atoms with Crippen LogP contribution in [0, 0.1) is 11.7 Å². The number of carboxylic acids is 1. The van der Waals surface area contributed by atoms with Gasteiger partial charge in [-0.15, -0.1) is 11.8 Å². The Morgan fingerprint density at radius 1 is 1.22 bits per heavy atom. The van der Waals surface area contributed by atoms with E-state index >= 15 is 0 Å². The molecule has 0 bridgehead atoms. The van der Waals surface area contributed by atoms with Crippen LogP contribution < -0.4 is 5.11 Å². The highest BCUT2D eigenvalue weighted by molar-refractivity contribution is 8.00. The van der Waals surface area contributed by atoms with Crippen molar-refractivity contribution in [2.75, 3.05) is 5.75 Å². The topological polar surface area (TPSA) is 60.4 Å². The minimum atomic E-state index is -1.24. The van der Waals surface area contributed by atoms with E-state index in [1.165, 1.54) is 41.3 Å². The fourth-order valence-corrected chi connectivity index (χ4v) is 5.14. The Morgan fingerprint density at radius 2 is 1.96 bits per heavy atom. The first kappa shape index (κ1) is 16.3. The number of nitrogens with zero attached hydrogens (tertiary/aromatic N) is 1. The van der Waals surface area contributed by atoms with Crippen LogP contribution in [-0.2, 0) is 4.79 Å². The zero-order chi connectivity index (χ0) is 16.4. The maximum Gasteiger partial charge on any atom is 0.255 e. The summed E-state index contributed by atoms with van der Waals surface area (Å²) < 4.78 is 13.4. The summed E-state index contributed by atoms with van der Waals surface area (Å²) in [6.45, 7) is 0. The Kier molecular flexibility index (Phi) is 4.90. The highest BCUT2D eigenvalue weighted by atomic mass is 32.2. The van der Waals surface area contributed by atoms with Crippen molar-refractivity contribution in [3.05, 3.63) is 35.6 Å². The third kappa shape index (κ3) is 3.37. The summed E-state index contributed by atoms with van der Waals surface area (Å²) in [4.78, 5) is 25.7. The molecule has 2 fully saturated rings. The zero-order valence-corrected chi connectivity index (χ0v) is 13.6. The average molecular weight is 336 g/mol. The average Bonchev–Trinajstić information content (AvgIpc) is 3.00. The molecule has 1 aromatic carbocycles. The van der Waals surface area contributed by atoms with Crippen LogP contribution >= 0.6 is 11.8 Å². The van der Waals surface area contributed by atoms with E-state index in [0.29, 0.717) is 11.7 Å². The van der Waals surface area contributed by atoms with Gasteiger partial charge in [-0.05, 0) is 37.0 Å². The second kappa shape index (κ2) is 6.91. The largest absolute Gasteiger partial charge is 0.548 e. The van der Waals surface area contributed by atoms with Gasteiger partial charge in [0.05, 0.1) is 17.4 Å². The monoisotopic (exact) mass is 336 g/mol. The first-order valence-corrected chi connectivity index (χ1v) is 9.03. The minimum absolute atomic E-state index is 0.158. The highest BCUT2D eigenvalue weighted by Crippen LogP contribution is 2.41. The summed E-state index contributed by atoms with van der Waals surface area (Å²) >= 11 is 1.51. The predicted octanol–water partition coefficient (Wildman–Crippen LogP) is 2.04. The number of carboxylic acid groups (broad SMARTS) is 1. The van der Waals surface area contributed by atoms with Gasteiger partial charge in [0.15, 0.2) is 0 Å². The van der Waals surface area contributed by atoms with Crippen LogP contribution in [-0.4, -0.2) is 33.9 Å². The smallest absolute Gasteiger partial charge is 0.255 e. The normalized spacial score (nSPS) is 25.5. The van der Waals surface area contributed by atoms with E-state index in [9.17, 15) is 19.1 Å². The van der Waals surface area contributed by atoms with Gasteiger partial charge in [-0.25, -0.2) is 4.39 Å². The molecule has 1 aromatic rings. The fraction of sp³-hybridized carbons (Fsp3) is 0.529. The van der Waals surface area contributed by atoms with Crippen LogP contribution in [0.25, 0.3) is 0 Å². The van der Waals surface area contributed by atoms with Crippen LogP contribution in [0.2, 0.25) is 0 Å². The van der Waals surface area contributed by atoms with Crippen LogP contribution in [0.4, 0.5) is 4.39 Å². The lowest BCUT2D eigenvalue weighted by atomic mass is 9.88. The molecule has 1 saturated carbocycles. The summed E-state index contributed by atoms with van der Waals surface area (Å²) in [5.41, 5.74) is 0.194. The fourth-order valence-electron chi connectivity index (χ4n) is 3.52. The molecule has 0 spiro atoms. The minimum Gasteiger partial charge on any atom is -0.548 e. The Labute approximate surface area is 139 Å². The quantitative estimate of drug-likeness (QED) is 0.847. The lowest BCUT2D eigenvalue weighted by molar-refractivity contribution is -0.310. The number of carbonyl (C=O) groups excluding carboxylic acids is 2. The van der Waals surface area contributed by atoms with Crippen LogP contribution in [0.3, 0.4) is 0 Å². The lowest BCUT2D eigenvalue weighted by Crippen LogP contribution is -2.52. The number of rotatable bonds is 3. The Morgan fingerprint density at radius 3 is 2.61 bits per heavy atom. The number of hydrogen-bond acceptors (Lipinski definition) is 4. The van der Waals surface area contributed by atoms with Gasteiger partial charge in [0.25, 0.3) is 5.91 Å². The molecular formula is C17H19FNO3S-. The Balaban J connectivity index is 1.88. The van der Waals surface area contributed by atoms with Gasteiger partial charge in [-0.3, -0.25) is 4.79 Å². The van der Waals surface area contributed by atoms with Gasteiger partial charge >= 0.3 is 0 Å². The summed E-state index contributed by atoms with van der Waals surface area (Å²) in [5, 5.41) is 11.3. The SMILES string of the molecule is O=C([O-])[C@H]1CS[C@@H](C2CCCCC2)N1C(=O)c1cccc(F)c1. The van der Waals surface area contributed by atoms with Crippen LogP contribution in [0.5, 0.6) is 0 Å². The predicted molar refractivity (Wildman–Crippen MR) is 84.2 cm³/mol. The van der Waals surface area contributed by atoms with Gasteiger partial charge in [0.1, 0.15) is 5.82 Å². The second-order valence-electron chi connectivity index (χ2n) is 6.18. The third-order valence-electron chi connectivity index (χ3n) is 4.67. The number of carbonyl (C=O) groups is 2. The first-order valence-electron chi connectivity index (χ1n) is 7.98. The Hall–Kier alpha value is -1.56. The van der Waals surface area contributed by atoms with Crippen molar-refractivity contribution in [3.63, 3.8) is 0 Å². The van der Waals surface area contributed by atoms with Crippen molar-refractivity contribution in [2.24, 2.45) is 5.92 Å². The lowest BCUT2D eigenvalue weighted by Gasteiger charge is -2.36. The van der Waals surface area contributed by atoms with Crippen LogP contribution in [0.1, 0.15) is 42.5 Å². The van der Waals surface area contributed by atoms with Crippen molar-refractivity contribution >= 4 is 23.6 Å². The van der Waals surface area contributed by atoms with E-state index in [4.69, 9.17) is 0 Å². The van der Waals surface area contributed by atoms with Gasteiger partial charge in [0, 0.05) is 11.3 Å². The van der Waals surface area contributed by atoms with E-state index in [2.05, 4.69) is 0 Å². The van der Waals surface area contributed by atoms with Crippen molar-refractivity contribution < 1.29 is 19.1 Å². The number of amides is 1. The summed E-state index contributed by atoms with van der Waals surface area (Å²) in [6.07, 6.45) is 5.42. The van der Waals surface area contributed by atoms with Crippen molar-refractivity contribution in [3.8, 4) is 0 Å². The molecule has 0 N–H and O–H groups in total. The van der Waals surface area contributed by atoms with Gasteiger partial charge < -0.3 is 14.8 Å². The Bertz CT molecular complexity index is 603.